The quantitative estimate of drug-likeness (QED) is 0.811. The summed E-state index contributed by atoms with van der Waals surface area (Å²) in [6, 6.07) is 5.36. The Bertz CT molecular complexity index is 619. The number of fused-ring (bicyclic) bond motifs is 1. The third-order valence-corrected chi connectivity index (χ3v) is 4.34. The smallest absolute Gasteiger partial charge is 0.177 e. The number of carbonyl (C=O) groups excluding carboxylic acids is 1. The number of benzene rings is 1. The first-order valence-corrected chi connectivity index (χ1v) is 8.60. The highest BCUT2D eigenvalue weighted by Crippen LogP contribution is 2.34. The van der Waals surface area contributed by atoms with Crippen molar-refractivity contribution in [2.24, 2.45) is 5.92 Å². The van der Waals surface area contributed by atoms with Crippen LogP contribution in [0.2, 0.25) is 0 Å². The number of ether oxygens (including phenoxy) is 2. The Morgan fingerprint density at radius 1 is 1.26 bits per heavy atom. The maximum Gasteiger partial charge on any atom is 0.177 e. The van der Waals surface area contributed by atoms with Gasteiger partial charge in [-0.3, -0.25) is 4.79 Å². The second kappa shape index (κ2) is 8.25. The van der Waals surface area contributed by atoms with E-state index in [4.69, 9.17) is 9.47 Å². The normalized spacial score (nSPS) is 22.8. The molecule has 0 saturated carbocycles. The summed E-state index contributed by atoms with van der Waals surface area (Å²) >= 11 is 4.50. The summed E-state index contributed by atoms with van der Waals surface area (Å²) in [5.41, 5.74) is 1.64. The van der Waals surface area contributed by atoms with E-state index in [1.54, 1.807) is 19.2 Å². The number of rotatable bonds is 2. The van der Waals surface area contributed by atoms with E-state index >= 15 is 0 Å². The van der Waals surface area contributed by atoms with Gasteiger partial charge < -0.3 is 9.47 Å². The van der Waals surface area contributed by atoms with Crippen molar-refractivity contribution in [3.05, 3.63) is 47.6 Å². The van der Waals surface area contributed by atoms with E-state index in [2.05, 4.69) is 24.8 Å². The number of hydrogen-bond donors (Lipinski definition) is 1. The van der Waals surface area contributed by atoms with Crippen LogP contribution in [0.25, 0.3) is 0 Å². The summed E-state index contributed by atoms with van der Waals surface area (Å²) in [6.07, 6.45) is 8.03. The van der Waals surface area contributed by atoms with E-state index in [0.717, 1.165) is 18.4 Å². The topological polar surface area (TPSA) is 35.5 Å². The fraction of sp³-hybridized carbons (Fsp3) is 0.421. The van der Waals surface area contributed by atoms with Crippen LogP contribution in [0.4, 0.5) is 0 Å². The summed E-state index contributed by atoms with van der Waals surface area (Å²) in [5.74, 6) is 1.18. The lowest BCUT2D eigenvalue weighted by Crippen LogP contribution is -2.29. The number of hydrogen-bond acceptors (Lipinski definition) is 4. The zero-order chi connectivity index (χ0) is 16.8. The van der Waals surface area contributed by atoms with Crippen LogP contribution in [0.5, 0.6) is 11.5 Å². The molecule has 0 N–H and O–H groups in total. The Labute approximate surface area is 143 Å². The molecule has 0 radical (unpaired) electrons. The molecule has 1 heterocycles. The summed E-state index contributed by atoms with van der Waals surface area (Å²) in [7, 11) is 1.59. The molecule has 0 aromatic heterocycles. The minimum Gasteiger partial charge on any atom is -0.497 e. The van der Waals surface area contributed by atoms with Gasteiger partial charge in [-0.05, 0) is 36.6 Å². The number of carbonyl (C=O) groups is 1. The minimum absolute atomic E-state index is 0.101. The van der Waals surface area contributed by atoms with Crippen molar-refractivity contribution in [3.63, 3.8) is 0 Å². The number of methoxy groups -OCH3 is 1. The monoisotopic (exact) mass is 332 g/mol. The lowest BCUT2D eigenvalue weighted by atomic mass is 9.88. The zero-order valence-corrected chi connectivity index (χ0v) is 14.8. The van der Waals surface area contributed by atoms with Crippen molar-refractivity contribution >= 4 is 18.4 Å². The van der Waals surface area contributed by atoms with Crippen LogP contribution in [0, 0.1) is 5.92 Å². The number of Topliss-reactive ketones (excluding diaryl/α,β-unsaturated/α-hetero) is 1. The second-order valence-electron chi connectivity index (χ2n) is 5.32. The summed E-state index contributed by atoms with van der Waals surface area (Å²) in [4.78, 5) is 12.7. The molecule has 0 amide bonds. The Kier molecular flexibility index (Phi) is 6.34. The van der Waals surface area contributed by atoms with Crippen molar-refractivity contribution in [2.45, 2.75) is 31.9 Å². The molecular weight excluding hydrogens is 308 g/mol. The molecule has 124 valence electrons. The van der Waals surface area contributed by atoms with Crippen molar-refractivity contribution in [3.8, 4) is 11.5 Å². The first-order chi connectivity index (χ1) is 11.2. The van der Waals surface area contributed by atoms with Gasteiger partial charge in [0, 0.05) is 5.25 Å². The molecule has 1 aromatic carbocycles. The Morgan fingerprint density at radius 2 is 2.04 bits per heavy atom. The molecule has 2 atom stereocenters. The predicted octanol–water partition coefficient (Wildman–Crippen LogP) is 4.49. The maximum atomic E-state index is 12.7. The average molecular weight is 332 g/mol. The number of ketones is 1. The SMILES string of the molecule is CC.COc1ccc2c(c1)C(=O)C(C1=CCC(S)CC=C1)CO2. The van der Waals surface area contributed by atoms with Gasteiger partial charge in [0.15, 0.2) is 5.78 Å². The number of allylic oxidation sites excluding steroid dienone is 3. The third kappa shape index (κ3) is 3.99. The molecule has 3 nitrogen and oxygen atoms in total. The lowest BCUT2D eigenvalue weighted by molar-refractivity contribution is 0.0866. The fourth-order valence-electron chi connectivity index (χ4n) is 2.69. The molecule has 0 saturated heterocycles. The molecule has 2 unspecified atom stereocenters. The second-order valence-corrected chi connectivity index (χ2v) is 6.05. The van der Waals surface area contributed by atoms with Gasteiger partial charge in [0.2, 0.25) is 0 Å². The highest BCUT2D eigenvalue weighted by molar-refractivity contribution is 7.80. The Morgan fingerprint density at radius 3 is 2.78 bits per heavy atom. The molecule has 2 aliphatic rings. The first kappa shape index (κ1) is 17.7. The van der Waals surface area contributed by atoms with Crippen molar-refractivity contribution in [2.75, 3.05) is 13.7 Å². The standard InChI is InChI=1S/C17H18O3S.C2H6/c1-19-12-6-8-16-14(9-12)17(18)15(10-20-16)11-3-2-4-13(21)7-5-11;1-2/h2-3,5-6,8-9,13,15,21H,4,7,10H2,1H3;1-2H3. The van der Waals surface area contributed by atoms with Gasteiger partial charge in [0.1, 0.15) is 18.1 Å². The van der Waals surface area contributed by atoms with Gasteiger partial charge in [0.25, 0.3) is 0 Å². The van der Waals surface area contributed by atoms with Gasteiger partial charge >= 0.3 is 0 Å². The van der Waals surface area contributed by atoms with Gasteiger partial charge in [-0.15, -0.1) is 0 Å². The van der Waals surface area contributed by atoms with E-state index in [1.807, 2.05) is 26.0 Å². The minimum atomic E-state index is -0.237. The summed E-state index contributed by atoms with van der Waals surface area (Å²) in [5, 5.41) is 0.325. The molecule has 1 aliphatic heterocycles. The lowest BCUT2D eigenvalue weighted by Gasteiger charge is -2.25. The van der Waals surface area contributed by atoms with Gasteiger partial charge in [-0.1, -0.05) is 32.1 Å². The zero-order valence-electron chi connectivity index (χ0n) is 13.9. The first-order valence-electron chi connectivity index (χ1n) is 8.08. The van der Waals surface area contributed by atoms with Crippen molar-refractivity contribution < 1.29 is 14.3 Å². The molecule has 3 rings (SSSR count). The van der Waals surface area contributed by atoms with Crippen LogP contribution in [-0.2, 0) is 0 Å². The van der Waals surface area contributed by atoms with Gasteiger partial charge in [-0.2, -0.15) is 12.6 Å². The molecular formula is C19H24O3S. The third-order valence-electron chi connectivity index (χ3n) is 3.92. The summed E-state index contributed by atoms with van der Waals surface area (Å²) < 4.78 is 11.0. The molecule has 4 heteroatoms. The Balaban J connectivity index is 0.000000924. The molecule has 1 aliphatic carbocycles. The van der Waals surface area contributed by atoms with E-state index in [-0.39, 0.29) is 11.7 Å². The van der Waals surface area contributed by atoms with E-state index in [9.17, 15) is 4.79 Å². The van der Waals surface area contributed by atoms with Crippen LogP contribution in [0.15, 0.2) is 42.0 Å². The molecule has 23 heavy (non-hydrogen) atoms. The summed E-state index contributed by atoms with van der Waals surface area (Å²) in [6.45, 7) is 4.39. The van der Waals surface area contributed by atoms with Gasteiger partial charge in [-0.25, -0.2) is 0 Å². The molecule has 0 bridgehead atoms. The van der Waals surface area contributed by atoms with Crippen molar-refractivity contribution in [1.82, 2.24) is 0 Å². The highest BCUT2D eigenvalue weighted by atomic mass is 32.1. The van der Waals surface area contributed by atoms with Crippen LogP contribution in [-0.4, -0.2) is 24.7 Å². The molecule has 1 aromatic rings. The largest absolute Gasteiger partial charge is 0.497 e. The maximum absolute atomic E-state index is 12.7. The average Bonchev–Trinajstić information content (AvgIpc) is 2.81. The predicted molar refractivity (Wildman–Crippen MR) is 96.9 cm³/mol. The van der Waals surface area contributed by atoms with Gasteiger partial charge in [0.05, 0.1) is 18.6 Å². The van der Waals surface area contributed by atoms with Crippen LogP contribution in [0.3, 0.4) is 0 Å². The van der Waals surface area contributed by atoms with Crippen LogP contribution >= 0.6 is 12.6 Å². The van der Waals surface area contributed by atoms with Crippen molar-refractivity contribution in [1.29, 1.82) is 0 Å². The van der Waals surface area contributed by atoms with Crippen LogP contribution < -0.4 is 9.47 Å². The van der Waals surface area contributed by atoms with E-state index in [0.29, 0.717) is 28.9 Å². The molecule has 0 fully saturated rings. The fourth-order valence-corrected chi connectivity index (χ4v) is 2.92. The highest BCUT2D eigenvalue weighted by Gasteiger charge is 2.31. The van der Waals surface area contributed by atoms with E-state index in [1.165, 1.54) is 0 Å². The Hall–Kier alpha value is -1.68. The number of thiol groups is 1. The molecule has 0 spiro atoms. The van der Waals surface area contributed by atoms with E-state index < -0.39 is 0 Å². The van der Waals surface area contributed by atoms with Crippen LogP contribution in [0.1, 0.15) is 37.0 Å².